The molecule has 0 aliphatic carbocycles. The van der Waals surface area contributed by atoms with Gasteiger partial charge >= 0.3 is 7.12 Å². The lowest BCUT2D eigenvalue weighted by atomic mass is 9.73. The highest BCUT2D eigenvalue weighted by Gasteiger charge is 2.52. The predicted octanol–water partition coefficient (Wildman–Crippen LogP) is 1.72. The molecule has 3 heterocycles. The second-order valence-electron chi connectivity index (χ2n) is 6.57. The van der Waals surface area contributed by atoms with Crippen molar-refractivity contribution in [2.45, 2.75) is 44.8 Å². The van der Waals surface area contributed by atoms with E-state index in [1.165, 1.54) is 0 Å². The largest absolute Gasteiger partial charge is 0.496 e. The molecular weight excluding hydrogens is 274 g/mol. The van der Waals surface area contributed by atoms with E-state index < -0.39 is 7.12 Å². The summed E-state index contributed by atoms with van der Waals surface area (Å²) in [6, 6.07) is 0. The Kier molecular flexibility index (Phi) is 3.37. The molecule has 4 nitrogen and oxygen atoms in total. The van der Waals surface area contributed by atoms with Crippen LogP contribution >= 0.6 is 11.6 Å². The lowest BCUT2D eigenvalue weighted by Crippen LogP contribution is -2.46. The summed E-state index contributed by atoms with van der Waals surface area (Å²) in [5.41, 5.74) is 1.37. The Bertz CT molecular complexity index is 516. The van der Waals surface area contributed by atoms with E-state index in [9.17, 15) is 0 Å². The van der Waals surface area contributed by atoms with Crippen LogP contribution < -0.4 is 10.8 Å². The van der Waals surface area contributed by atoms with Crippen molar-refractivity contribution in [3.8, 4) is 0 Å². The van der Waals surface area contributed by atoms with Crippen LogP contribution in [0.15, 0.2) is 12.4 Å². The third-order valence-electron chi connectivity index (χ3n) is 4.67. The van der Waals surface area contributed by atoms with Gasteiger partial charge in [0.2, 0.25) is 0 Å². The molecule has 2 aliphatic rings. The molecule has 2 saturated heterocycles. The van der Waals surface area contributed by atoms with Gasteiger partial charge in [0.1, 0.15) is 0 Å². The minimum Gasteiger partial charge on any atom is -0.399 e. The van der Waals surface area contributed by atoms with Crippen molar-refractivity contribution in [3.05, 3.63) is 23.0 Å². The van der Waals surface area contributed by atoms with Crippen LogP contribution in [0.3, 0.4) is 0 Å². The second-order valence-corrected chi connectivity index (χ2v) is 6.97. The zero-order valence-corrected chi connectivity index (χ0v) is 13.1. The summed E-state index contributed by atoms with van der Waals surface area (Å²) in [5.74, 6) is 0.416. The maximum atomic E-state index is 6.36. The first-order valence-corrected chi connectivity index (χ1v) is 7.39. The van der Waals surface area contributed by atoms with E-state index in [0.29, 0.717) is 10.9 Å². The van der Waals surface area contributed by atoms with Crippen LogP contribution in [0.5, 0.6) is 0 Å². The summed E-state index contributed by atoms with van der Waals surface area (Å²) >= 11 is 6.36. The van der Waals surface area contributed by atoms with Crippen molar-refractivity contribution in [2.24, 2.45) is 0 Å². The molecule has 3 rings (SSSR count). The summed E-state index contributed by atoms with van der Waals surface area (Å²) in [4.78, 5) is 4.21. The van der Waals surface area contributed by atoms with Gasteiger partial charge in [0, 0.05) is 36.9 Å². The van der Waals surface area contributed by atoms with Crippen molar-refractivity contribution in [1.29, 1.82) is 0 Å². The van der Waals surface area contributed by atoms with Crippen LogP contribution in [-0.4, -0.2) is 36.4 Å². The normalized spacial score (nSPS) is 24.8. The third-order valence-corrected chi connectivity index (χ3v) is 4.97. The van der Waals surface area contributed by atoms with Crippen LogP contribution in [0.25, 0.3) is 0 Å². The van der Waals surface area contributed by atoms with Crippen molar-refractivity contribution in [2.75, 3.05) is 13.1 Å². The molecule has 0 aromatic carbocycles. The summed E-state index contributed by atoms with van der Waals surface area (Å²) in [5, 5.41) is 3.97. The number of nitrogens with one attached hydrogen (secondary N) is 1. The summed E-state index contributed by atoms with van der Waals surface area (Å²) in [6.45, 7) is 10.1. The minimum absolute atomic E-state index is 0.352. The molecule has 0 radical (unpaired) electrons. The number of nitrogens with zero attached hydrogens (tertiary/aromatic N) is 1. The van der Waals surface area contributed by atoms with Crippen molar-refractivity contribution in [1.82, 2.24) is 10.3 Å². The molecule has 1 N–H and O–H groups in total. The summed E-state index contributed by atoms with van der Waals surface area (Å²) in [7, 11) is -0.401. The average molecular weight is 295 g/mol. The fourth-order valence-corrected chi connectivity index (χ4v) is 2.86. The van der Waals surface area contributed by atoms with Crippen LogP contribution in [0.2, 0.25) is 5.02 Å². The van der Waals surface area contributed by atoms with Gasteiger partial charge in [-0.1, -0.05) is 11.6 Å². The fraction of sp³-hybridized carbons (Fsp3) is 0.643. The molecule has 1 aromatic heterocycles. The first kappa shape index (κ1) is 14.3. The van der Waals surface area contributed by atoms with E-state index in [1.807, 2.05) is 6.20 Å². The van der Waals surface area contributed by atoms with Gasteiger partial charge in [0.15, 0.2) is 0 Å². The van der Waals surface area contributed by atoms with E-state index >= 15 is 0 Å². The topological polar surface area (TPSA) is 43.4 Å². The lowest BCUT2D eigenvalue weighted by Gasteiger charge is -2.32. The van der Waals surface area contributed by atoms with Gasteiger partial charge in [-0.2, -0.15) is 0 Å². The SMILES string of the molecule is CC1(C)OB(c2cncc(Cl)c2C2CNC2)OC1(C)C. The van der Waals surface area contributed by atoms with Gasteiger partial charge in [-0.3, -0.25) is 4.98 Å². The average Bonchev–Trinajstić information content (AvgIpc) is 2.48. The molecule has 0 unspecified atom stereocenters. The smallest absolute Gasteiger partial charge is 0.399 e. The van der Waals surface area contributed by atoms with Crippen LogP contribution in [0.4, 0.5) is 0 Å². The highest BCUT2D eigenvalue weighted by Crippen LogP contribution is 2.37. The Labute approximate surface area is 125 Å². The van der Waals surface area contributed by atoms with Crippen LogP contribution in [0, 0.1) is 0 Å². The van der Waals surface area contributed by atoms with E-state index in [4.69, 9.17) is 20.9 Å². The molecule has 0 saturated carbocycles. The summed E-state index contributed by atoms with van der Waals surface area (Å²) in [6.07, 6.45) is 3.52. The zero-order valence-electron chi connectivity index (χ0n) is 12.4. The third kappa shape index (κ3) is 2.17. The van der Waals surface area contributed by atoms with Crippen LogP contribution in [-0.2, 0) is 9.31 Å². The Hall–Kier alpha value is -0.615. The molecule has 108 valence electrons. The Morgan fingerprint density at radius 1 is 1.20 bits per heavy atom. The Morgan fingerprint density at radius 3 is 2.30 bits per heavy atom. The van der Waals surface area contributed by atoms with Gasteiger partial charge in [-0.05, 0) is 33.3 Å². The van der Waals surface area contributed by atoms with Gasteiger partial charge in [-0.25, -0.2) is 0 Å². The van der Waals surface area contributed by atoms with E-state index in [2.05, 4.69) is 38.0 Å². The fourth-order valence-electron chi connectivity index (χ4n) is 2.54. The molecule has 20 heavy (non-hydrogen) atoms. The lowest BCUT2D eigenvalue weighted by molar-refractivity contribution is 0.00578. The maximum absolute atomic E-state index is 6.36. The van der Waals surface area contributed by atoms with E-state index in [0.717, 1.165) is 24.1 Å². The van der Waals surface area contributed by atoms with Gasteiger partial charge in [-0.15, -0.1) is 0 Å². The number of aromatic nitrogens is 1. The van der Waals surface area contributed by atoms with E-state index in [1.54, 1.807) is 6.20 Å². The molecule has 1 aromatic rings. The zero-order chi connectivity index (χ0) is 14.5. The monoisotopic (exact) mass is 294 g/mol. The highest BCUT2D eigenvalue weighted by atomic mass is 35.5. The minimum atomic E-state index is -0.401. The number of pyridine rings is 1. The first-order chi connectivity index (χ1) is 9.32. The molecule has 0 atom stereocenters. The van der Waals surface area contributed by atoms with Gasteiger partial charge in [0.25, 0.3) is 0 Å². The van der Waals surface area contributed by atoms with Gasteiger partial charge in [0.05, 0.1) is 16.2 Å². The number of rotatable bonds is 2. The van der Waals surface area contributed by atoms with Crippen LogP contribution in [0.1, 0.15) is 39.2 Å². The van der Waals surface area contributed by atoms with E-state index in [-0.39, 0.29) is 11.2 Å². The molecular formula is C14H20BClN2O2. The number of hydrogen-bond acceptors (Lipinski definition) is 4. The molecule has 2 fully saturated rings. The molecule has 0 spiro atoms. The maximum Gasteiger partial charge on any atom is 0.496 e. The summed E-state index contributed by atoms with van der Waals surface area (Å²) < 4.78 is 12.2. The Morgan fingerprint density at radius 2 is 1.80 bits per heavy atom. The first-order valence-electron chi connectivity index (χ1n) is 7.01. The quantitative estimate of drug-likeness (QED) is 0.844. The Balaban J connectivity index is 1.97. The number of hydrogen-bond donors (Lipinski definition) is 1. The standard InChI is InChI=1S/C14H20BClN2O2/c1-13(2)14(3,4)20-15(19-13)10-7-18-8-11(16)12(10)9-5-17-6-9/h7-9,17H,5-6H2,1-4H3. The molecule has 0 bridgehead atoms. The number of halogens is 1. The van der Waals surface area contributed by atoms with Gasteiger partial charge < -0.3 is 14.6 Å². The highest BCUT2D eigenvalue weighted by molar-refractivity contribution is 6.63. The van der Waals surface area contributed by atoms with Crippen molar-refractivity contribution >= 4 is 24.2 Å². The molecule has 2 aliphatic heterocycles. The predicted molar refractivity (Wildman–Crippen MR) is 80.6 cm³/mol. The van der Waals surface area contributed by atoms with Crippen molar-refractivity contribution in [3.63, 3.8) is 0 Å². The molecule has 0 amide bonds. The van der Waals surface area contributed by atoms with Crippen molar-refractivity contribution < 1.29 is 9.31 Å². The second kappa shape index (κ2) is 4.70. The molecule has 6 heteroatoms.